The van der Waals surface area contributed by atoms with E-state index in [4.69, 9.17) is 9.84 Å². The van der Waals surface area contributed by atoms with Gasteiger partial charge in [-0.1, -0.05) is 6.42 Å². The molecule has 2 rings (SSSR count). The average Bonchev–Trinajstić information content (AvgIpc) is 2.99. The summed E-state index contributed by atoms with van der Waals surface area (Å²) in [4.78, 5) is 23.2. The van der Waals surface area contributed by atoms with E-state index in [1.165, 1.54) is 19.3 Å². The standard InChI is InChI=1S/C15H25NO4/c1-20-6-2-3-13(15(18)19)16-14(17)9-12-8-10-4-5-11(12)7-10/h10-13H,2-9H2,1H3,(H,16,17)(H,18,19). The molecule has 0 spiro atoms. The second-order valence-corrected chi connectivity index (χ2v) is 6.23. The van der Waals surface area contributed by atoms with Crippen LogP contribution in [0.15, 0.2) is 0 Å². The van der Waals surface area contributed by atoms with Gasteiger partial charge in [0.25, 0.3) is 0 Å². The molecule has 0 aromatic heterocycles. The summed E-state index contributed by atoms with van der Waals surface area (Å²) in [5.74, 6) is 0.925. The van der Waals surface area contributed by atoms with Crippen molar-refractivity contribution in [2.24, 2.45) is 17.8 Å². The lowest BCUT2D eigenvalue weighted by Crippen LogP contribution is -2.41. The molecule has 4 atom stereocenters. The van der Waals surface area contributed by atoms with E-state index in [0.717, 1.165) is 12.3 Å². The molecular formula is C15H25NO4. The third-order valence-electron chi connectivity index (χ3n) is 4.81. The SMILES string of the molecule is COCCCC(NC(=O)CC1CC2CCC1C2)C(=O)O. The van der Waals surface area contributed by atoms with E-state index in [0.29, 0.717) is 37.7 Å². The number of rotatable bonds is 8. The molecule has 0 aromatic carbocycles. The molecule has 2 N–H and O–H groups in total. The molecule has 2 fully saturated rings. The molecular weight excluding hydrogens is 258 g/mol. The zero-order chi connectivity index (χ0) is 14.5. The number of carboxylic acids is 1. The number of aliphatic carboxylic acids is 1. The van der Waals surface area contributed by atoms with Crippen LogP contribution in [0.2, 0.25) is 0 Å². The quantitative estimate of drug-likeness (QED) is 0.666. The fourth-order valence-electron chi connectivity index (χ4n) is 3.81. The van der Waals surface area contributed by atoms with Crippen LogP contribution in [0.1, 0.15) is 44.9 Å². The van der Waals surface area contributed by atoms with Crippen LogP contribution in [-0.2, 0) is 14.3 Å². The molecule has 1 amide bonds. The number of methoxy groups -OCH3 is 1. The van der Waals surface area contributed by atoms with Crippen LogP contribution in [0.5, 0.6) is 0 Å². The molecule has 5 heteroatoms. The Bertz CT molecular complexity index is 358. The van der Waals surface area contributed by atoms with Crippen molar-refractivity contribution in [3.63, 3.8) is 0 Å². The first-order chi connectivity index (χ1) is 9.60. The number of hydrogen-bond acceptors (Lipinski definition) is 3. The van der Waals surface area contributed by atoms with Gasteiger partial charge in [0.2, 0.25) is 5.91 Å². The van der Waals surface area contributed by atoms with Crippen molar-refractivity contribution in [3.05, 3.63) is 0 Å². The molecule has 5 nitrogen and oxygen atoms in total. The number of carboxylic acid groups (broad SMARTS) is 1. The number of ether oxygens (including phenoxy) is 1. The highest BCUT2D eigenvalue weighted by Crippen LogP contribution is 2.49. The lowest BCUT2D eigenvalue weighted by molar-refractivity contribution is -0.142. The minimum atomic E-state index is -0.956. The van der Waals surface area contributed by atoms with E-state index in [1.807, 2.05) is 0 Å². The average molecular weight is 283 g/mol. The van der Waals surface area contributed by atoms with E-state index in [-0.39, 0.29) is 5.91 Å². The van der Waals surface area contributed by atoms with Gasteiger partial charge in [-0.2, -0.15) is 0 Å². The van der Waals surface area contributed by atoms with Crippen molar-refractivity contribution in [1.82, 2.24) is 5.32 Å². The van der Waals surface area contributed by atoms with Gasteiger partial charge in [0.05, 0.1) is 0 Å². The lowest BCUT2D eigenvalue weighted by Gasteiger charge is -2.22. The highest BCUT2D eigenvalue weighted by molar-refractivity contribution is 5.83. The topological polar surface area (TPSA) is 75.6 Å². The minimum absolute atomic E-state index is 0.104. The Hall–Kier alpha value is -1.10. The van der Waals surface area contributed by atoms with Gasteiger partial charge in [-0.25, -0.2) is 4.79 Å². The maximum absolute atomic E-state index is 12.0. The lowest BCUT2D eigenvalue weighted by atomic mass is 9.86. The van der Waals surface area contributed by atoms with Crippen molar-refractivity contribution in [2.45, 2.75) is 51.0 Å². The molecule has 2 saturated carbocycles. The monoisotopic (exact) mass is 283 g/mol. The van der Waals surface area contributed by atoms with E-state index in [1.54, 1.807) is 7.11 Å². The number of nitrogens with one attached hydrogen (secondary N) is 1. The van der Waals surface area contributed by atoms with Gasteiger partial charge in [-0.3, -0.25) is 4.79 Å². The van der Waals surface area contributed by atoms with Crippen LogP contribution in [0.4, 0.5) is 0 Å². The number of amides is 1. The van der Waals surface area contributed by atoms with Crippen LogP contribution in [0.25, 0.3) is 0 Å². The molecule has 20 heavy (non-hydrogen) atoms. The third-order valence-corrected chi connectivity index (χ3v) is 4.81. The van der Waals surface area contributed by atoms with Crippen molar-refractivity contribution in [2.75, 3.05) is 13.7 Å². The summed E-state index contributed by atoms with van der Waals surface area (Å²) in [6, 6.07) is -0.781. The summed E-state index contributed by atoms with van der Waals surface area (Å²) in [5.41, 5.74) is 0. The van der Waals surface area contributed by atoms with E-state index >= 15 is 0 Å². The van der Waals surface area contributed by atoms with Gasteiger partial charge < -0.3 is 15.2 Å². The van der Waals surface area contributed by atoms with Gasteiger partial charge in [0.1, 0.15) is 6.04 Å². The van der Waals surface area contributed by atoms with Gasteiger partial charge in [-0.15, -0.1) is 0 Å². The van der Waals surface area contributed by atoms with Gasteiger partial charge >= 0.3 is 5.97 Å². The Morgan fingerprint density at radius 2 is 2.15 bits per heavy atom. The van der Waals surface area contributed by atoms with Crippen molar-refractivity contribution in [1.29, 1.82) is 0 Å². The Kier molecular flexibility index (Phi) is 5.40. The highest BCUT2D eigenvalue weighted by atomic mass is 16.5. The molecule has 0 heterocycles. The smallest absolute Gasteiger partial charge is 0.326 e. The van der Waals surface area contributed by atoms with Crippen LogP contribution in [-0.4, -0.2) is 36.7 Å². The predicted molar refractivity (Wildman–Crippen MR) is 74.2 cm³/mol. The number of hydrogen-bond donors (Lipinski definition) is 2. The van der Waals surface area contributed by atoms with Crippen LogP contribution in [0.3, 0.4) is 0 Å². The molecule has 2 aliphatic rings. The third kappa shape index (κ3) is 3.95. The Balaban J connectivity index is 1.75. The molecule has 0 radical (unpaired) electrons. The first-order valence-electron chi connectivity index (χ1n) is 7.61. The Morgan fingerprint density at radius 1 is 1.35 bits per heavy atom. The van der Waals surface area contributed by atoms with Crippen molar-refractivity contribution < 1.29 is 19.4 Å². The second kappa shape index (κ2) is 7.07. The van der Waals surface area contributed by atoms with Crippen LogP contribution >= 0.6 is 0 Å². The van der Waals surface area contributed by atoms with E-state index in [2.05, 4.69) is 5.32 Å². The Morgan fingerprint density at radius 3 is 2.70 bits per heavy atom. The molecule has 2 bridgehead atoms. The number of fused-ring (bicyclic) bond motifs is 2. The summed E-state index contributed by atoms with van der Waals surface area (Å²) in [6.45, 7) is 0.520. The molecule has 0 aliphatic heterocycles. The van der Waals surface area contributed by atoms with Gasteiger partial charge in [-0.05, 0) is 49.9 Å². The number of carbonyl (C=O) groups excluding carboxylic acids is 1. The highest BCUT2D eigenvalue weighted by Gasteiger charge is 2.40. The number of carbonyl (C=O) groups is 2. The molecule has 0 aromatic rings. The molecule has 114 valence electrons. The summed E-state index contributed by atoms with van der Waals surface area (Å²) < 4.78 is 4.91. The summed E-state index contributed by atoms with van der Waals surface area (Å²) >= 11 is 0. The van der Waals surface area contributed by atoms with Crippen molar-refractivity contribution >= 4 is 11.9 Å². The first kappa shape index (κ1) is 15.3. The zero-order valence-electron chi connectivity index (χ0n) is 12.1. The Labute approximate surface area is 120 Å². The van der Waals surface area contributed by atoms with Crippen molar-refractivity contribution in [3.8, 4) is 0 Å². The summed E-state index contributed by atoms with van der Waals surface area (Å²) in [6.07, 6.45) is 6.55. The predicted octanol–water partition coefficient (Wildman–Crippen LogP) is 1.81. The van der Waals surface area contributed by atoms with Gasteiger partial charge in [0.15, 0.2) is 0 Å². The van der Waals surface area contributed by atoms with E-state index in [9.17, 15) is 9.59 Å². The second-order valence-electron chi connectivity index (χ2n) is 6.23. The zero-order valence-corrected chi connectivity index (χ0v) is 12.1. The normalized spacial score (nSPS) is 29.4. The minimum Gasteiger partial charge on any atom is -0.480 e. The maximum atomic E-state index is 12.0. The van der Waals surface area contributed by atoms with Gasteiger partial charge in [0, 0.05) is 20.1 Å². The maximum Gasteiger partial charge on any atom is 0.326 e. The molecule has 2 aliphatic carbocycles. The van der Waals surface area contributed by atoms with Crippen LogP contribution < -0.4 is 5.32 Å². The fraction of sp³-hybridized carbons (Fsp3) is 0.867. The molecule has 0 saturated heterocycles. The van der Waals surface area contributed by atoms with Crippen LogP contribution in [0, 0.1) is 17.8 Å². The fourth-order valence-corrected chi connectivity index (χ4v) is 3.81. The largest absolute Gasteiger partial charge is 0.480 e. The molecule has 4 unspecified atom stereocenters. The van der Waals surface area contributed by atoms with E-state index < -0.39 is 12.0 Å². The summed E-state index contributed by atoms with van der Waals surface area (Å²) in [5, 5.41) is 11.8. The first-order valence-corrected chi connectivity index (χ1v) is 7.61. The summed E-state index contributed by atoms with van der Waals surface area (Å²) in [7, 11) is 1.59.